The van der Waals surface area contributed by atoms with E-state index in [0.717, 1.165) is 24.1 Å². The molecule has 0 unspecified atom stereocenters. The molecule has 1 atom stereocenters. The molecule has 114 valence electrons. The van der Waals surface area contributed by atoms with Crippen LogP contribution in [0.4, 0.5) is 5.69 Å². The Morgan fingerprint density at radius 3 is 2.77 bits per heavy atom. The van der Waals surface area contributed by atoms with E-state index in [1.54, 1.807) is 16.2 Å². The molecule has 22 heavy (non-hydrogen) atoms. The summed E-state index contributed by atoms with van der Waals surface area (Å²) in [6.07, 6.45) is 1.98. The van der Waals surface area contributed by atoms with Crippen LogP contribution in [0.3, 0.4) is 0 Å². The summed E-state index contributed by atoms with van der Waals surface area (Å²) >= 11 is 1.58. The van der Waals surface area contributed by atoms with Crippen LogP contribution in [0, 0.1) is 0 Å². The normalized spacial score (nSPS) is 17.5. The van der Waals surface area contributed by atoms with Gasteiger partial charge in [-0.2, -0.15) is 11.3 Å². The quantitative estimate of drug-likeness (QED) is 0.943. The number of benzene rings is 1. The second-order valence-corrected chi connectivity index (χ2v) is 6.19. The topological polar surface area (TPSA) is 49.4 Å². The molecule has 2 heterocycles. The molecule has 1 saturated heterocycles. The number of thiophene rings is 1. The SMILES string of the molecule is O=C(Nc1ccccc1)[C@H]1CCCN1C(=O)Cc1ccsc1. The smallest absolute Gasteiger partial charge is 0.247 e. The van der Waals surface area contributed by atoms with E-state index >= 15 is 0 Å². The standard InChI is InChI=1S/C17H18N2O2S/c20-16(11-13-8-10-22-12-13)19-9-4-7-15(19)17(21)18-14-5-2-1-3-6-14/h1-3,5-6,8,10,12,15H,4,7,9,11H2,(H,18,21)/t15-/m1/s1. The third-order valence-electron chi connectivity index (χ3n) is 3.85. The highest BCUT2D eigenvalue weighted by Crippen LogP contribution is 2.21. The van der Waals surface area contributed by atoms with E-state index in [1.807, 2.05) is 47.2 Å². The lowest BCUT2D eigenvalue weighted by molar-refractivity contribution is -0.136. The summed E-state index contributed by atoms with van der Waals surface area (Å²) in [5.74, 6) is -0.0634. The predicted molar refractivity (Wildman–Crippen MR) is 87.8 cm³/mol. The Morgan fingerprint density at radius 1 is 1.23 bits per heavy atom. The summed E-state index contributed by atoms with van der Waals surface area (Å²) in [5.41, 5.74) is 1.79. The fraction of sp³-hybridized carbons (Fsp3) is 0.294. The number of hydrogen-bond acceptors (Lipinski definition) is 3. The lowest BCUT2D eigenvalue weighted by atomic mass is 10.1. The zero-order chi connectivity index (χ0) is 15.4. The largest absolute Gasteiger partial charge is 0.330 e. The van der Waals surface area contributed by atoms with Crippen molar-refractivity contribution in [1.29, 1.82) is 0 Å². The van der Waals surface area contributed by atoms with Crippen molar-refractivity contribution >= 4 is 28.8 Å². The minimum Gasteiger partial charge on any atom is -0.330 e. The van der Waals surface area contributed by atoms with E-state index in [-0.39, 0.29) is 17.9 Å². The maximum absolute atomic E-state index is 12.4. The Hall–Kier alpha value is -2.14. The first-order valence-corrected chi connectivity index (χ1v) is 8.35. The Kier molecular flexibility index (Phi) is 4.53. The Bertz CT molecular complexity index is 640. The van der Waals surface area contributed by atoms with Gasteiger partial charge in [0.25, 0.3) is 0 Å². The summed E-state index contributed by atoms with van der Waals surface area (Å²) in [5, 5.41) is 6.84. The van der Waals surface area contributed by atoms with Crippen molar-refractivity contribution in [3.63, 3.8) is 0 Å². The van der Waals surface area contributed by atoms with Crippen LogP contribution in [-0.2, 0) is 16.0 Å². The number of nitrogens with zero attached hydrogens (tertiary/aromatic N) is 1. The maximum atomic E-state index is 12.4. The fourth-order valence-corrected chi connectivity index (χ4v) is 3.42. The number of carbonyl (C=O) groups is 2. The average Bonchev–Trinajstić information content (AvgIpc) is 3.19. The molecular formula is C17H18N2O2S. The number of anilines is 1. The third-order valence-corrected chi connectivity index (χ3v) is 4.58. The van der Waals surface area contributed by atoms with Crippen molar-refractivity contribution in [3.8, 4) is 0 Å². The summed E-state index contributed by atoms with van der Waals surface area (Å²) in [6.45, 7) is 0.663. The highest BCUT2D eigenvalue weighted by atomic mass is 32.1. The average molecular weight is 314 g/mol. The van der Waals surface area contributed by atoms with E-state index in [1.165, 1.54) is 0 Å². The lowest BCUT2D eigenvalue weighted by Gasteiger charge is -2.24. The van der Waals surface area contributed by atoms with Gasteiger partial charge in [-0.25, -0.2) is 0 Å². The molecule has 1 aliphatic heterocycles. The van der Waals surface area contributed by atoms with E-state index in [4.69, 9.17) is 0 Å². The van der Waals surface area contributed by atoms with Gasteiger partial charge in [0, 0.05) is 12.2 Å². The Labute approximate surface area is 133 Å². The van der Waals surface area contributed by atoms with Gasteiger partial charge in [-0.1, -0.05) is 18.2 Å². The summed E-state index contributed by atoms with van der Waals surface area (Å²) < 4.78 is 0. The van der Waals surface area contributed by atoms with Crippen molar-refractivity contribution < 1.29 is 9.59 Å². The van der Waals surface area contributed by atoms with E-state index < -0.39 is 0 Å². The van der Waals surface area contributed by atoms with Gasteiger partial charge < -0.3 is 10.2 Å². The van der Waals surface area contributed by atoms with Crippen molar-refractivity contribution in [3.05, 3.63) is 52.7 Å². The zero-order valence-electron chi connectivity index (χ0n) is 12.2. The van der Waals surface area contributed by atoms with Crippen molar-refractivity contribution in [2.24, 2.45) is 0 Å². The molecule has 4 nitrogen and oxygen atoms in total. The molecule has 1 aromatic carbocycles. The molecule has 0 saturated carbocycles. The van der Waals surface area contributed by atoms with Gasteiger partial charge in [0.05, 0.1) is 6.42 Å². The van der Waals surface area contributed by atoms with Crippen LogP contribution in [0.1, 0.15) is 18.4 Å². The summed E-state index contributed by atoms with van der Waals surface area (Å²) in [6, 6.07) is 11.0. The number of nitrogens with one attached hydrogen (secondary N) is 1. The van der Waals surface area contributed by atoms with Gasteiger partial charge >= 0.3 is 0 Å². The molecule has 2 amide bonds. The van der Waals surface area contributed by atoms with Crippen LogP contribution in [0.2, 0.25) is 0 Å². The number of para-hydroxylation sites is 1. The number of likely N-dealkylation sites (tertiary alicyclic amines) is 1. The number of rotatable bonds is 4. The van der Waals surface area contributed by atoms with Gasteiger partial charge in [-0.05, 0) is 47.4 Å². The molecule has 5 heteroatoms. The van der Waals surface area contributed by atoms with Crippen LogP contribution in [-0.4, -0.2) is 29.3 Å². The van der Waals surface area contributed by atoms with E-state index in [9.17, 15) is 9.59 Å². The molecule has 0 radical (unpaired) electrons. The van der Waals surface area contributed by atoms with Crippen LogP contribution in [0.15, 0.2) is 47.2 Å². The molecule has 1 aliphatic rings. The minimum absolute atomic E-state index is 0.0316. The van der Waals surface area contributed by atoms with Gasteiger partial charge in [0.2, 0.25) is 11.8 Å². The molecule has 1 N–H and O–H groups in total. The first-order valence-electron chi connectivity index (χ1n) is 7.40. The second kappa shape index (κ2) is 6.75. The first-order chi connectivity index (χ1) is 10.7. The van der Waals surface area contributed by atoms with Crippen molar-refractivity contribution in [1.82, 2.24) is 4.90 Å². The van der Waals surface area contributed by atoms with Crippen LogP contribution in [0.5, 0.6) is 0 Å². The number of hydrogen-bond donors (Lipinski definition) is 1. The summed E-state index contributed by atoms with van der Waals surface area (Å²) in [4.78, 5) is 26.6. The number of amides is 2. The monoisotopic (exact) mass is 314 g/mol. The number of carbonyl (C=O) groups excluding carboxylic acids is 2. The van der Waals surface area contributed by atoms with Gasteiger partial charge in [0.15, 0.2) is 0 Å². The molecule has 0 spiro atoms. The minimum atomic E-state index is -0.355. The first kappa shape index (κ1) is 14.8. The van der Waals surface area contributed by atoms with E-state index in [0.29, 0.717) is 13.0 Å². The summed E-state index contributed by atoms with van der Waals surface area (Å²) in [7, 11) is 0. The maximum Gasteiger partial charge on any atom is 0.247 e. The Balaban J connectivity index is 1.64. The molecule has 1 aromatic heterocycles. The van der Waals surface area contributed by atoms with Crippen molar-refractivity contribution in [2.45, 2.75) is 25.3 Å². The molecule has 3 rings (SSSR count). The lowest BCUT2D eigenvalue weighted by Crippen LogP contribution is -2.43. The van der Waals surface area contributed by atoms with Gasteiger partial charge in [-0.3, -0.25) is 9.59 Å². The van der Waals surface area contributed by atoms with Gasteiger partial charge in [0.1, 0.15) is 6.04 Å². The third kappa shape index (κ3) is 3.36. The molecular weight excluding hydrogens is 296 g/mol. The predicted octanol–water partition coefficient (Wildman–Crippen LogP) is 2.92. The second-order valence-electron chi connectivity index (χ2n) is 5.41. The molecule has 0 bridgehead atoms. The zero-order valence-corrected chi connectivity index (χ0v) is 13.0. The highest BCUT2D eigenvalue weighted by Gasteiger charge is 2.33. The molecule has 1 fully saturated rings. The molecule has 0 aliphatic carbocycles. The molecule has 2 aromatic rings. The highest BCUT2D eigenvalue weighted by molar-refractivity contribution is 7.08. The van der Waals surface area contributed by atoms with Crippen LogP contribution >= 0.6 is 11.3 Å². The van der Waals surface area contributed by atoms with Crippen LogP contribution < -0.4 is 5.32 Å². The Morgan fingerprint density at radius 2 is 2.05 bits per heavy atom. The fourth-order valence-electron chi connectivity index (χ4n) is 2.75. The van der Waals surface area contributed by atoms with Crippen molar-refractivity contribution in [2.75, 3.05) is 11.9 Å². The van der Waals surface area contributed by atoms with E-state index in [2.05, 4.69) is 5.32 Å². The van der Waals surface area contributed by atoms with Gasteiger partial charge in [-0.15, -0.1) is 0 Å². The van der Waals surface area contributed by atoms with Crippen LogP contribution in [0.25, 0.3) is 0 Å².